The molecular formula is C56H107N15O12. The smallest absolute Gasteiger partial charge is 0.326 e. The molecule has 0 unspecified atom stereocenters. The molecule has 0 aliphatic rings. The fourth-order valence-electron chi connectivity index (χ4n) is 8.69. The van der Waals surface area contributed by atoms with Gasteiger partial charge in [-0.15, -0.1) is 0 Å². The molecule has 27 nitrogen and oxygen atoms in total. The van der Waals surface area contributed by atoms with E-state index in [1.165, 1.54) is 20.8 Å². The van der Waals surface area contributed by atoms with Crippen molar-refractivity contribution in [2.24, 2.45) is 52.3 Å². The first-order valence-electron chi connectivity index (χ1n) is 29.8. The lowest BCUT2D eigenvalue weighted by atomic mass is 9.98. The molecule has 83 heavy (non-hydrogen) atoms. The van der Waals surface area contributed by atoms with Gasteiger partial charge < -0.3 is 86.9 Å². The Kier molecular flexibility index (Phi) is 38.8. The van der Waals surface area contributed by atoms with Crippen LogP contribution in [0.5, 0.6) is 0 Å². The van der Waals surface area contributed by atoms with Crippen LogP contribution in [0.1, 0.15) is 172 Å². The fourth-order valence-corrected chi connectivity index (χ4v) is 8.69. The van der Waals surface area contributed by atoms with Crippen molar-refractivity contribution in [3.05, 3.63) is 0 Å². The number of carbonyl (C=O) groups excluding carboxylic acids is 10. The molecule has 0 fully saturated rings. The van der Waals surface area contributed by atoms with E-state index in [0.717, 1.165) is 0 Å². The van der Waals surface area contributed by atoms with Gasteiger partial charge >= 0.3 is 5.97 Å². The van der Waals surface area contributed by atoms with E-state index in [-0.39, 0.29) is 62.8 Å². The number of carboxylic acid groups (broad SMARTS) is 1. The summed E-state index contributed by atoms with van der Waals surface area (Å²) in [6.45, 7) is 19.9. The van der Waals surface area contributed by atoms with Gasteiger partial charge in [-0.2, -0.15) is 0 Å². The Hall–Kier alpha value is -6.03. The highest BCUT2D eigenvalue weighted by molar-refractivity contribution is 5.98. The van der Waals surface area contributed by atoms with Crippen LogP contribution in [0.15, 0.2) is 0 Å². The molecule has 10 amide bonds. The number of amides is 10. The summed E-state index contributed by atoms with van der Waals surface area (Å²) in [5.74, 6) is -8.90. The zero-order valence-electron chi connectivity index (χ0n) is 51.4. The third-order valence-corrected chi connectivity index (χ3v) is 13.5. The molecule has 0 aromatic heterocycles. The van der Waals surface area contributed by atoms with Crippen molar-refractivity contribution in [3.8, 4) is 0 Å². The molecule has 0 aromatic carbocycles. The summed E-state index contributed by atoms with van der Waals surface area (Å²) in [6.07, 6.45) is 5.00. The van der Waals surface area contributed by atoms with Crippen LogP contribution in [-0.4, -0.2) is 163 Å². The van der Waals surface area contributed by atoms with Crippen molar-refractivity contribution in [3.63, 3.8) is 0 Å². The highest BCUT2D eigenvalue weighted by Crippen LogP contribution is 2.14. The van der Waals surface area contributed by atoms with Crippen molar-refractivity contribution >= 4 is 65.0 Å². The SMILES string of the molecule is CC(C)C[C@H](NC(=O)[C@@H](NC(=O)[C@H](CCCCN)NC(=O)[C@H](CCCCN)NC(=O)[C@H](CC(C)C)NC(=O)[C@@H](N)CC(C)C)C(C)C)C(=O)N[C@@H](CCCCN)C(=O)N[C@@H](C)C(=O)N[C@@H](C)C(=O)N[C@@H](C)C(=O)N[C@@H](CCCCN)C(=O)O. The Balaban J connectivity index is 6.44. The molecule has 478 valence electrons. The van der Waals surface area contributed by atoms with E-state index in [4.69, 9.17) is 28.7 Å². The zero-order chi connectivity index (χ0) is 63.5. The van der Waals surface area contributed by atoms with Crippen LogP contribution in [0.4, 0.5) is 0 Å². The molecule has 0 aliphatic carbocycles. The van der Waals surface area contributed by atoms with Crippen LogP contribution in [0, 0.1) is 23.7 Å². The lowest BCUT2D eigenvalue weighted by Gasteiger charge is -2.29. The summed E-state index contributed by atoms with van der Waals surface area (Å²) in [5.41, 5.74) is 29.0. The van der Waals surface area contributed by atoms with Gasteiger partial charge in [0.15, 0.2) is 0 Å². The predicted octanol–water partition coefficient (Wildman–Crippen LogP) is -1.38. The first-order valence-corrected chi connectivity index (χ1v) is 29.8. The number of carboxylic acids is 1. The second-order valence-corrected chi connectivity index (χ2v) is 23.3. The minimum absolute atomic E-state index is 0.0251. The van der Waals surface area contributed by atoms with Crippen LogP contribution in [-0.2, 0) is 52.7 Å². The van der Waals surface area contributed by atoms with E-state index in [1.54, 1.807) is 13.8 Å². The molecule has 21 N–H and O–H groups in total. The summed E-state index contributed by atoms with van der Waals surface area (Å²) in [5, 5.41) is 36.0. The second-order valence-electron chi connectivity index (χ2n) is 23.3. The van der Waals surface area contributed by atoms with Gasteiger partial charge in [0.1, 0.15) is 60.4 Å². The number of hydrogen-bond acceptors (Lipinski definition) is 16. The number of hydrogen-bond donors (Lipinski definition) is 16. The lowest BCUT2D eigenvalue weighted by molar-refractivity contribution is -0.142. The third-order valence-electron chi connectivity index (χ3n) is 13.5. The summed E-state index contributed by atoms with van der Waals surface area (Å²) < 4.78 is 0. The molecule has 0 aromatic rings. The van der Waals surface area contributed by atoms with Crippen LogP contribution in [0.25, 0.3) is 0 Å². The molecule has 11 atom stereocenters. The monoisotopic (exact) mass is 1180 g/mol. The van der Waals surface area contributed by atoms with Crippen LogP contribution < -0.4 is 81.8 Å². The van der Waals surface area contributed by atoms with Crippen LogP contribution >= 0.6 is 0 Å². The van der Waals surface area contributed by atoms with E-state index in [2.05, 4.69) is 53.2 Å². The Labute approximate surface area is 492 Å². The number of unbranched alkanes of at least 4 members (excludes halogenated alkanes) is 4. The maximum absolute atomic E-state index is 14.3. The number of rotatable bonds is 44. The maximum atomic E-state index is 14.3. The number of nitrogens with one attached hydrogen (secondary N) is 10. The molecule has 0 radical (unpaired) electrons. The van der Waals surface area contributed by atoms with Crippen molar-refractivity contribution in [2.45, 2.75) is 239 Å². The average Bonchev–Trinajstić information content (AvgIpc) is 3.45. The molecule has 0 spiro atoms. The van der Waals surface area contributed by atoms with Gasteiger partial charge in [0.05, 0.1) is 6.04 Å². The molecular weight excluding hydrogens is 1070 g/mol. The fraction of sp³-hybridized carbons (Fsp3) is 0.804. The number of nitrogens with two attached hydrogens (primary N) is 5. The first kappa shape index (κ1) is 77.0. The van der Waals surface area contributed by atoms with Gasteiger partial charge in [0.2, 0.25) is 59.1 Å². The van der Waals surface area contributed by atoms with Gasteiger partial charge in [0.25, 0.3) is 0 Å². The summed E-state index contributed by atoms with van der Waals surface area (Å²) in [6, 6.07) is -12.7. The maximum Gasteiger partial charge on any atom is 0.326 e. The summed E-state index contributed by atoms with van der Waals surface area (Å²) in [7, 11) is 0. The first-order chi connectivity index (χ1) is 38.9. The van der Waals surface area contributed by atoms with Gasteiger partial charge in [0, 0.05) is 0 Å². The minimum atomic E-state index is -1.25. The highest BCUT2D eigenvalue weighted by atomic mass is 16.4. The zero-order valence-corrected chi connectivity index (χ0v) is 51.4. The summed E-state index contributed by atoms with van der Waals surface area (Å²) in [4.78, 5) is 149. The predicted molar refractivity (Wildman–Crippen MR) is 317 cm³/mol. The van der Waals surface area contributed by atoms with Gasteiger partial charge in [-0.3, -0.25) is 47.9 Å². The molecule has 0 bridgehead atoms. The van der Waals surface area contributed by atoms with Crippen molar-refractivity contribution in [1.29, 1.82) is 0 Å². The second kappa shape index (κ2) is 41.9. The van der Waals surface area contributed by atoms with E-state index < -0.39 is 137 Å². The van der Waals surface area contributed by atoms with Gasteiger partial charge in [-0.25, -0.2) is 4.79 Å². The average molecular weight is 1180 g/mol. The van der Waals surface area contributed by atoms with Crippen LogP contribution in [0.2, 0.25) is 0 Å². The van der Waals surface area contributed by atoms with E-state index in [1.807, 2.05) is 41.5 Å². The standard InChI is InChI=1S/C56H107N15O12/c1-31(2)28-38(61)49(75)69-43(29-32(3)4)53(79)67-40(21-13-17-25-58)51(77)65-41(22-14-18-26-59)52(78)71-45(34(7)8)55(81)70-44(30-33(5)6)54(80)66-39(20-12-16-24-57)50(76)64-36(10)47(73)62-35(9)46(72)63-37(11)48(74)68-42(56(82)83)23-15-19-27-60/h31-45H,12-30,57-61H2,1-11H3,(H,62,73)(H,63,72)(H,64,76)(H,65,77)(H,66,80)(H,67,79)(H,68,74)(H,69,75)(H,70,81)(H,71,78)(H,82,83)/t35-,36-,37-,38-,39-,40-,41-,42-,43-,44-,45-/m0/s1. The van der Waals surface area contributed by atoms with E-state index in [9.17, 15) is 57.8 Å². The molecule has 0 aliphatic heterocycles. The van der Waals surface area contributed by atoms with E-state index in [0.29, 0.717) is 77.4 Å². The summed E-state index contributed by atoms with van der Waals surface area (Å²) >= 11 is 0. The number of carbonyl (C=O) groups is 11. The van der Waals surface area contributed by atoms with Gasteiger partial charge in [-0.05, 0) is 167 Å². The lowest BCUT2D eigenvalue weighted by Crippen LogP contribution is -2.61. The minimum Gasteiger partial charge on any atom is -0.480 e. The van der Waals surface area contributed by atoms with Crippen molar-refractivity contribution in [1.82, 2.24) is 53.2 Å². The van der Waals surface area contributed by atoms with Crippen LogP contribution in [0.3, 0.4) is 0 Å². The molecule has 0 rings (SSSR count). The topological polar surface area (TPSA) is 458 Å². The Morgan fingerprint density at radius 2 is 0.578 bits per heavy atom. The third kappa shape index (κ3) is 32.0. The van der Waals surface area contributed by atoms with Gasteiger partial charge in [-0.1, -0.05) is 55.4 Å². The van der Waals surface area contributed by atoms with Crippen molar-refractivity contribution in [2.75, 3.05) is 26.2 Å². The normalized spacial score (nSPS) is 15.4. The van der Waals surface area contributed by atoms with Crippen molar-refractivity contribution < 1.29 is 57.8 Å². The highest BCUT2D eigenvalue weighted by Gasteiger charge is 2.36. The molecule has 0 heterocycles. The number of aliphatic carboxylic acids is 1. The molecule has 27 heteroatoms. The quantitative estimate of drug-likeness (QED) is 0.0313. The Morgan fingerprint density at radius 1 is 0.313 bits per heavy atom. The molecule has 0 saturated carbocycles. The Morgan fingerprint density at radius 3 is 0.904 bits per heavy atom. The largest absolute Gasteiger partial charge is 0.480 e. The molecule has 0 saturated heterocycles. The Bertz CT molecular complexity index is 2050. The van der Waals surface area contributed by atoms with E-state index >= 15 is 0 Å².